The summed E-state index contributed by atoms with van der Waals surface area (Å²) < 4.78 is 0. The largest absolute Gasteiger partial charge is 0.507 e. The SMILES string of the molecule is CCc1ccc(N(C)c2ccc(C(C)=O)c(O)c2)cc1. The molecule has 104 valence electrons. The fourth-order valence-electron chi connectivity index (χ4n) is 2.13. The van der Waals surface area contributed by atoms with Gasteiger partial charge < -0.3 is 10.0 Å². The second-order valence-electron chi connectivity index (χ2n) is 4.84. The Morgan fingerprint density at radius 2 is 1.70 bits per heavy atom. The summed E-state index contributed by atoms with van der Waals surface area (Å²) in [7, 11) is 1.93. The van der Waals surface area contributed by atoms with Crippen molar-refractivity contribution in [2.45, 2.75) is 20.3 Å². The van der Waals surface area contributed by atoms with Crippen LogP contribution in [-0.2, 0) is 6.42 Å². The van der Waals surface area contributed by atoms with E-state index in [9.17, 15) is 9.90 Å². The molecule has 1 N–H and O–H groups in total. The molecule has 0 atom stereocenters. The molecule has 0 radical (unpaired) electrons. The van der Waals surface area contributed by atoms with Crippen LogP contribution in [0.2, 0.25) is 0 Å². The first kappa shape index (κ1) is 14.1. The minimum Gasteiger partial charge on any atom is -0.507 e. The summed E-state index contributed by atoms with van der Waals surface area (Å²) in [6.07, 6.45) is 1.01. The van der Waals surface area contributed by atoms with E-state index in [0.717, 1.165) is 17.8 Å². The van der Waals surface area contributed by atoms with Crippen molar-refractivity contribution in [3.63, 3.8) is 0 Å². The lowest BCUT2D eigenvalue weighted by atomic mass is 10.1. The lowest BCUT2D eigenvalue weighted by molar-refractivity contribution is 0.101. The number of ketones is 1. The molecule has 0 fully saturated rings. The zero-order chi connectivity index (χ0) is 14.7. The van der Waals surface area contributed by atoms with E-state index in [1.807, 2.05) is 18.0 Å². The first-order valence-corrected chi connectivity index (χ1v) is 6.69. The molecule has 0 unspecified atom stereocenters. The summed E-state index contributed by atoms with van der Waals surface area (Å²) in [6.45, 7) is 3.57. The number of Topliss-reactive ketones (excluding diaryl/α,β-unsaturated/α-hetero) is 1. The number of carbonyl (C=O) groups is 1. The van der Waals surface area contributed by atoms with Crippen LogP contribution in [0.3, 0.4) is 0 Å². The Labute approximate surface area is 119 Å². The number of phenolic OH excluding ortho intramolecular Hbond substituents is 1. The van der Waals surface area contributed by atoms with Gasteiger partial charge in [0.1, 0.15) is 5.75 Å². The molecular formula is C17H19NO2. The number of rotatable bonds is 4. The van der Waals surface area contributed by atoms with Crippen molar-refractivity contribution >= 4 is 17.2 Å². The van der Waals surface area contributed by atoms with Gasteiger partial charge in [0.15, 0.2) is 5.78 Å². The molecule has 3 heteroatoms. The van der Waals surface area contributed by atoms with Crippen LogP contribution in [0.1, 0.15) is 29.8 Å². The normalized spacial score (nSPS) is 10.3. The molecule has 2 aromatic carbocycles. The molecule has 0 bridgehead atoms. The molecule has 20 heavy (non-hydrogen) atoms. The van der Waals surface area contributed by atoms with Gasteiger partial charge >= 0.3 is 0 Å². The van der Waals surface area contributed by atoms with Crippen LogP contribution in [-0.4, -0.2) is 17.9 Å². The molecule has 2 rings (SSSR count). The highest BCUT2D eigenvalue weighted by molar-refractivity contribution is 5.97. The average molecular weight is 269 g/mol. The van der Waals surface area contributed by atoms with E-state index in [-0.39, 0.29) is 11.5 Å². The van der Waals surface area contributed by atoms with Gasteiger partial charge in [-0.15, -0.1) is 0 Å². The molecule has 0 aliphatic rings. The minimum atomic E-state index is -0.135. The van der Waals surface area contributed by atoms with E-state index in [2.05, 4.69) is 31.2 Å². The number of anilines is 2. The fourth-order valence-corrected chi connectivity index (χ4v) is 2.13. The lowest BCUT2D eigenvalue weighted by Crippen LogP contribution is -2.09. The Hall–Kier alpha value is -2.29. The molecule has 0 aromatic heterocycles. The van der Waals surface area contributed by atoms with Crippen molar-refractivity contribution in [1.29, 1.82) is 0 Å². The Bertz CT molecular complexity index is 617. The van der Waals surface area contributed by atoms with E-state index < -0.39 is 0 Å². The zero-order valence-corrected chi connectivity index (χ0v) is 12.1. The third-order valence-electron chi connectivity index (χ3n) is 3.48. The van der Waals surface area contributed by atoms with E-state index in [4.69, 9.17) is 0 Å². The second kappa shape index (κ2) is 5.78. The number of aryl methyl sites for hydroxylation is 1. The molecule has 0 saturated heterocycles. The maximum absolute atomic E-state index is 11.3. The third kappa shape index (κ3) is 2.82. The first-order valence-electron chi connectivity index (χ1n) is 6.69. The Balaban J connectivity index is 2.30. The van der Waals surface area contributed by atoms with Crippen molar-refractivity contribution in [3.8, 4) is 5.75 Å². The maximum atomic E-state index is 11.3. The Kier molecular flexibility index (Phi) is 4.08. The van der Waals surface area contributed by atoms with Crippen molar-refractivity contribution in [1.82, 2.24) is 0 Å². The molecule has 0 spiro atoms. The Morgan fingerprint density at radius 3 is 2.20 bits per heavy atom. The summed E-state index contributed by atoms with van der Waals surface area (Å²) >= 11 is 0. The number of phenols is 1. The lowest BCUT2D eigenvalue weighted by Gasteiger charge is -2.20. The predicted molar refractivity (Wildman–Crippen MR) is 82.0 cm³/mol. The van der Waals surface area contributed by atoms with Gasteiger partial charge in [-0.25, -0.2) is 0 Å². The smallest absolute Gasteiger partial charge is 0.163 e. The van der Waals surface area contributed by atoms with Gasteiger partial charge in [0, 0.05) is 24.5 Å². The van der Waals surface area contributed by atoms with Gasteiger partial charge in [0.2, 0.25) is 0 Å². The molecule has 0 aliphatic heterocycles. The monoisotopic (exact) mass is 269 g/mol. The summed E-state index contributed by atoms with van der Waals surface area (Å²) in [5.74, 6) is -0.115. The Morgan fingerprint density at radius 1 is 1.10 bits per heavy atom. The molecular weight excluding hydrogens is 250 g/mol. The van der Waals surface area contributed by atoms with E-state index >= 15 is 0 Å². The highest BCUT2D eigenvalue weighted by atomic mass is 16.3. The first-order chi connectivity index (χ1) is 9.52. The van der Waals surface area contributed by atoms with Crippen LogP contribution in [0.5, 0.6) is 5.75 Å². The molecule has 3 nitrogen and oxygen atoms in total. The van der Waals surface area contributed by atoms with Crippen molar-refractivity contribution in [3.05, 3.63) is 53.6 Å². The summed E-state index contributed by atoms with van der Waals surface area (Å²) in [5, 5.41) is 9.89. The number of nitrogens with zero attached hydrogens (tertiary/aromatic N) is 1. The topological polar surface area (TPSA) is 40.5 Å². The van der Waals surface area contributed by atoms with E-state index in [1.54, 1.807) is 12.1 Å². The summed E-state index contributed by atoms with van der Waals surface area (Å²) in [5.41, 5.74) is 3.52. The number of hydrogen-bond acceptors (Lipinski definition) is 3. The molecule has 2 aromatic rings. The summed E-state index contributed by atoms with van der Waals surface area (Å²) in [6, 6.07) is 13.4. The zero-order valence-electron chi connectivity index (χ0n) is 12.1. The second-order valence-corrected chi connectivity index (χ2v) is 4.84. The van der Waals surface area contributed by atoms with Crippen molar-refractivity contribution < 1.29 is 9.90 Å². The van der Waals surface area contributed by atoms with Crippen molar-refractivity contribution in [2.24, 2.45) is 0 Å². The van der Waals surface area contributed by atoms with E-state index in [1.165, 1.54) is 12.5 Å². The molecule has 0 heterocycles. The standard InChI is InChI=1S/C17H19NO2/c1-4-13-5-7-14(8-6-13)18(3)15-9-10-16(12(2)19)17(20)11-15/h5-11,20H,4H2,1-3H3. The van der Waals surface area contributed by atoms with E-state index in [0.29, 0.717) is 5.56 Å². The predicted octanol–water partition coefficient (Wildman–Crippen LogP) is 3.93. The van der Waals surface area contributed by atoms with Gasteiger partial charge in [-0.3, -0.25) is 4.79 Å². The van der Waals surface area contributed by atoms with Gasteiger partial charge in [-0.05, 0) is 43.2 Å². The summed E-state index contributed by atoms with van der Waals surface area (Å²) in [4.78, 5) is 13.3. The minimum absolute atomic E-state index is 0.0204. The maximum Gasteiger partial charge on any atom is 0.163 e. The van der Waals surface area contributed by atoms with Crippen LogP contribution < -0.4 is 4.90 Å². The molecule has 0 aliphatic carbocycles. The van der Waals surface area contributed by atoms with Crippen LogP contribution in [0.25, 0.3) is 0 Å². The molecule has 0 saturated carbocycles. The van der Waals surface area contributed by atoms with Crippen LogP contribution in [0.4, 0.5) is 11.4 Å². The number of benzene rings is 2. The molecule has 0 amide bonds. The van der Waals surface area contributed by atoms with Crippen LogP contribution in [0, 0.1) is 0 Å². The highest BCUT2D eigenvalue weighted by Crippen LogP contribution is 2.29. The van der Waals surface area contributed by atoms with Gasteiger partial charge in [-0.2, -0.15) is 0 Å². The van der Waals surface area contributed by atoms with Crippen LogP contribution >= 0.6 is 0 Å². The highest BCUT2D eigenvalue weighted by Gasteiger charge is 2.10. The average Bonchev–Trinajstić information content (AvgIpc) is 2.46. The van der Waals surface area contributed by atoms with Gasteiger partial charge in [0.05, 0.1) is 5.56 Å². The fraction of sp³-hybridized carbons (Fsp3) is 0.235. The quantitative estimate of drug-likeness (QED) is 0.855. The van der Waals surface area contributed by atoms with Gasteiger partial charge in [0.25, 0.3) is 0 Å². The van der Waals surface area contributed by atoms with Crippen LogP contribution in [0.15, 0.2) is 42.5 Å². The number of aromatic hydroxyl groups is 1. The number of carbonyl (C=O) groups excluding carboxylic acids is 1. The van der Waals surface area contributed by atoms with Gasteiger partial charge in [-0.1, -0.05) is 19.1 Å². The number of hydrogen-bond donors (Lipinski definition) is 1. The third-order valence-corrected chi connectivity index (χ3v) is 3.48. The van der Waals surface area contributed by atoms with Crippen molar-refractivity contribution in [2.75, 3.05) is 11.9 Å².